The van der Waals surface area contributed by atoms with E-state index < -0.39 is 0 Å². The molecule has 1 atom stereocenters. The van der Waals surface area contributed by atoms with Crippen LogP contribution < -0.4 is 10.1 Å². The minimum atomic E-state index is 0.0179. The first-order valence-corrected chi connectivity index (χ1v) is 6.37. The van der Waals surface area contributed by atoms with Gasteiger partial charge in [-0.05, 0) is 25.5 Å². The molecule has 4 heteroatoms. The van der Waals surface area contributed by atoms with E-state index in [0.717, 1.165) is 22.8 Å². The Morgan fingerprint density at radius 2 is 2.25 bits per heavy atom. The van der Waals surface area contributed by atoms with Gasteiger partial charge in [-0.3, -0.25) is 4.79 Å². The van der Waals surface area contributed by atoms with Crippen molar-refractivity contribution in [3.63, 3.8) is 0 Å². The molecule has 0 aromatic heterocycles. The number of rotatable bonds is 3. The molecule has 0 saturated heterocycles. The number of nitrogens with one attached hydrogen (secondary N) is 1. The number of ether oxygens (including phenoxy) is 1. The van der Waals surface area contributed by atoms with Crippen molar-refractivity contribution < 1.29 is 9.53 Å². The molecule has 86 valence electrons. The van der Waals surface area contributed by atoms with Gasteiger partial charge in [0.15, 0.2) is 0 Å². The molecule has 2 rings (SSSR count). The van der Waals surface area contributed by atoms with Gasteiger partial charge in [0, 0.05) is 4.90 Å². The van der Waals surface area contributed by atoms with Crippen LogP contribution in [0.25, 0.3) is 0 Å². The van der Waals surface area contributed by atoms with Crippen LogP contribution in [0, 0.1) is 0 Å². The fourth-order valence-corrected chi connectivity index (χ4v) is 2.75. The number of thioether (sulfide) groups is 1. The summed E-state index contributed by atoms with van der Waals surface area (Å²) in [7, 11) is 0. The first-order valence-electron chi connectivity index (χ1n) is 5.49. The summed E-state index contributed by atoms with van der Waals surface area (Å²) in [4.78, 5) is 12.9. The van der Waals surface area contributed by atoms with Crippen molar-refractivity contribution >= 4 is 23.4 Å². The minimum Gasteiger partial charge on any atom is -0.492 e. The monoisotopic (exact) mass is 237 g/mol. The number of hydrogen-bond donors (Lipinski definition) is 1. The van der Waals surface area contributed by atoms with E-state index in [1.54, 1.807) is 11.8 Å². The molecular weight excluding hydrogens is 222 g/mol. The van der Waals surface area contributed by atoms with Crippen LogP contribution in [0.1, 0.15) is 20.3 Å². The van der Waals surface area contributed by atoms with Gasteiger partial charge >= 0.3 is 0 Å². The third kappa shape index (κ3) is 2.02. The van der Waals surface area contributed by atoms with E-state index in [4.69, 9.17) is 4.74 Å². The summed E-state index contributed by atoms with van der Waals surface area (Å²) in [5, 5.41) is 2.95. The van der Waals surface area contributed by atoms with Crippen LogP contribution in [-0.2, 0) is 4.79 Å². The van der Waals surface area contributed by atoms with Gasteiger partial charge in [0.05, 0.1) is 17.5 Å². The number of carbonyl (C=O) groups excluding carboxylic acids is 1. The second-order valence-corrected chi connectivity index (χ2v) is 4.81. The average molecular weight is 237 g/mol. The highest BCUT2D eigenvalue weighted by atomic mass is 32.2. The highest BCUT2D eigenvalue weighted by Gasteiger charge is 2.27. The third-order valence-electron chi connectivity index (χ3n) is 2.47. The molecule has 16 heavy (non-hydrogen) atoms. The Morgan fingerprint density at radius 1 is 1.44 bits per heavy atom. The van der Waals surface area contributed by atoms with Crippen molar-refractivity contribution in [2.75, 3.05) is 11.9 Å². The number of anilines is 1. The van der Waals surface area contributed by atoms with Gasteiger partial charge in [0.2, 0.25) is 5.91 Å². The summed E-state index contributed by atoms with van der Waals surface area (Å²) in [5.74, 6) is 0.836. The van der Waals surface area contributed by atoms with Gasteiger partial charge in [0.25, 0.3) is 0 Å². The minimum absolute atomic E-state index is 0.0179. The quantitative estimate of drug-likeness (QED) is 0.878. The van der Waals surface area contributed by atoms with Crippen molar-refractivity contribution in [2.45, 2.75) is 30.4 Å². The van der Waals surface area contributed by atoms with Crippen LogP contribution in [0.3, 0.4) is 0 Å². The predicted molar refractivity (Wildman–Crippen MR) is 66.2 cm³/mol. The lowest BCUT2D eigenvalue weighted by Crippen LogP contribution is -2.28. The summed E-state index contributed by atoms with van der Waals surface area (Å²) < 4.78 is 5.49. The molecule has 0 aliphatic carbocycles. The van der Waals surface area contributed by atoms with Gasteiger partial charge in [-0.1, -0.05) is 13.0 Å². The molecule has 0 spiro atoms. The van der Waals surface area contributed by atoms with Crippen molar-refractivity contribution in [1.82, 2.24) is 0 Å². The Labute approximate surface area is 99.6 Å². The first-order chi connectivity index (χ1) is 7.76. The van der Waals surface area contributed by atoms with Gasteiger partial charge in [-0.2, -0.15) is 0 Å². The SMILES string of the molecule is CCOc1cccc2c1NC(=O)C(CC)S2. The van der Waals surface area contributed by atoms with Gasteiger partial charge in [0.1, 0.15) is 5.75 Å². The second-order valence-electron chi connectivity index (χ2n) is 3.57. The Morgan fingerprint density at radius 3 is 2.94 bits per heavy atom. The molecule has 0 saturated carbocycles. The Hall–Kier alpha value is -1.16. The molecule has 0 fully saturated rings. The average Bonchev–Trinajstić information content (AvgIpc) is 2.29. The molecule has 0 bridgehead atoms. The normalized spacial score (nSPS) is 18.9. The Bertz CT molecular complexity index is 406. The van der Waals surface area contributed by atoms with Crippen LogP contribution in [0.4, 0.5) is 5.69 Å². The van der Waals surface area contributed by atoms with Crippen LogP contribution >= 0.6 is 11.8 Å². The lowest BCUT2D eigenvalue weighted by molar-refractivity contribution is -0.115. The molecule has 1 aromatic carbocycles. The maximum Gasteiger partial charge on any atom is 0.237 e. The van der Waals surface area contributed by atoms with Gasteiger partial charge in [-0.25, -0.2) is 0 Å². The van der Waals surface area contributed by atoms with E-state index in [0.29, 0.717) is 6.61 Å². The zero-order valence-corrected chi connectivity index (χ0v) is 10.3. The highest BCUT2D eigenvalue weighted by molar-refractivity contribution is 8.01. The largest absolute Gasteiger partial charge is 0.492 e. The number of benzene rings is 1. The fraction of sp³-hybridized carbons (Fsp3) is 0.417. The second kappa shape index (κ2) is 4.78. The molecule has 3 nitrogen and oxygen atoms in total. The maximum atomic E-state index is 11.8. The van der Waals surface area contributed by atoms with Crippen molar-refractivity contribution in [3.05, 3.63) is 18.2 Å². The summed E-state index contributed by atoms with van der Waals surface area (Å²) in [6, 6.07) is 5.86. The Balaban J connectivity index is 2.34. The molecule has 1 unspecified atom stereocenters. The van der Waals surface area contributed by atoms with E-state index in [2.05, 4.69) is 5.32 Å². The van der Waals surface area contributed by atoms with Gasteiger partial charge < -0.3 is 10.1 Å². The lowest BCUT2D eigenvalue weighted by Gasteiger charge is -2.24. The lowest BCUT2D eigenvalue weighted by atomic mass is 10.2. The van der Waals surface area contributed by atoms with Crippen LogP contribution in [0.15, 0.2) is 23.1 Å². The summed E-state index contributed by atoms with van der Waals surface area (Å²) >= 11 is 1.61. The zero-order chi connectivity index (χ0) is 11.5. The molecule has 0 radical (unpaired) electrons. The Kier molecular flexibility index (Phi) is 3.39. The van der Waals surface area contributed by atoms with E-state index in [1.807, 2.05) is 32.0 Å². The summed E-state index contributed by atoms with van der Waals surface area (Å²) in [6.45, 7) is 4.56. The topological polar surface area (TPSA) is 38.3 Å². The van der Waals surface area contributed by atoms with E-state index in [9.17, 15) is 4.79 Å². The number of fused-ring (bicyclic) bond motifs is 1. The first kappa shape index (κ1) is 11.3. The van der Waals surface area contributed by atoms with Crippen molar-refractivity contribution in [3.8, 4) is 5.75 Å². The summed E-state index contributed by atoms with van der Waals surface area (Å²) in [6.07, 6.45) is 0.842. The third-order valence-corrected chi connectivity index (χ3v) is 3.89. The number of para-hydroxylation sites is 1. The van der Waals surface area contributed by atoms with Crippen molar-refractivity contribution in [2.24, 2.45) is 0 Å². The maximum absolute atomic E-state index is 11.8. The van der Waals surface area contributed by atoms with E-state index >= 15 is 0 Å². The standard InChI is InChI=1S/C12H15NO2S/c1-3-9-12(14)13-11-8(15-4-2)6-5-7-10(11)16-9/h5-7,9H,3-4H2,1-2H3,(H,13,14). The van der Waals surface area contributed by atoms with E-state index in [-0.39, 0.29) is 11.2 Å². The molecular formula is C12H15NO2S. The molecule has 1 amide bonds. The molecule has 1 heterocycles. The number of hydrogen-bond acceptors (Lipinski definition) is 3. The van der Waals surface area contributed by atoms with Crippen LogP contribution in [-0.4, -0.2) is 17.8 Å². The predicted octanol–water partition coefficient (Wildman–Crippen LogP) is 2.91. The summed E-state index contributed by atoms with van der Waals surface area (Å²) in [5.41, 5.74) is 0.823. The molecule has 1 aromatic rings. The van der Waals surface area contributed by atoms with Gasteiger partial charge in [-0.15, -0.1) is 11.8 Å². The molecule has 1 aliphatic heterocycles. The van der Waals surface area contributed by atoms with E-state index in [1.165, 1.54) is 0 Å². The smallest absolute Gasteiger partial charge is 0.237 e. The highest BCUT2D eigenvalue weighted by Crippen LogP contribution is 2.41. The van der Waals surface area contributed by atoms with Crippen LogP contribution in [0.5, 0.6) is 5.75 Å². The number of carbonyl (C=O) groups is 1. The van der Waals surface area contributed by atoms with Crippen LogP contribution in [0.2, 0.25) is 0 Å². The molecule has 1 aliphatic rings. The van der Waals surface area contributed by atoms with Crippen molar-refractivity contribution in [1.29, 1.82) is 0 Å². The number of amides is 1. The zero-order valence-electron chi connectivity index (χ0n) is 9.45. The fourth-order valence-electron chi connectivity index (χ4n) is 1.69. The molecule has 1 N–H and O–H groups in total.